The van der Waals surface area contributed by atoms with E-state index in [2.05, 4.69) is 4.99 Å². The molecule has 1 aromatic carbocycles. The smallest absolute Gasteiger partial charge is 0.191 e. The maximum absolute atomic E-state index is 6.29. The molecule has 0 amide bonds. The van der Waals surface area contributed by atoms with Gasteiger partial charge in [-0.05, 0) is 17.7 Å². The van der Waals surface area contributed by atoms with E-state index in [0.29, 0.717) is 42.2 Å². The van der Waals surface area contributed by atoms with E-state index < -0.39 is 0 Å². The van der Waals surface area contributed by atoms with Crippen molar-refractivity contribution in [2.75, 3.05) is 26.8 Å². The second-order valence-electron chi connectivity index (χ2n) is 4.71. The van der Waals surface area contributed by atoms with Crippen molar-refractivity contribution in [2.24, 2.45) is 10.7 Å². The van der Waals surface area contributed by atoms with E-state index >= 15 is 0 Å². The number of aliphatic imine (C=N–C) groups is 1. The summed E-state index contributed by atoms with van der Waals surface area (Å²) in [5.74, 6) is 1.89. The van der Waals surface area contributed by atoms with E-state index in [1.807, 2.05) is 24.1 Å². The summed E-state index contributed by atoms with van der Waals surface area (Å²) in [7, 11) is 1.92. The lowest BCUT2D eigenvalue weighted by Gasteiger charge is -2.23. The predicted octanol–water partition coefficient (Wildman–Crippen LogP) is 1.80. The van der Waals surface area contributed by atoms with Crippen molar-refractivity contribution in [1.29, 1.82) is 0 Å². The number of nitrogens with two attached hydrogens (primary N) is 1. The van der Waals surface area contributed by atoms with Gasteiger partial charge in [0.1, 0.15) is 0 Å². The zero-order valence-corrected chi connectivity index (χ0v) is 11.5. The molecule has 0 spiro atoms. The molecule has 0 radical (unpaired) electrons. The molecule has 2 N–H and O–H groups in total. The van der Waals surface area contributed by atoms with Crippen molar-refractivity contribution in [2.45, 2.75) is 12.5 Å². The number of halogens is 1. The van der Waals surface area contributed by atoms with Crippen LogP contribution >= 0.6 is 11.6 Å². The van der Waals surface area contributed by atoms with E-state index in [0.717, 1.165) is 12.0 Å². The molecule has 0 fully saturated rings. The normalized spacial score (nSPS) is 22.1. The fourth-order valence-electron chi connectivity index (χ4n) is 2.35. The van der Waals surface area contributed by atoms with Gasteiger partial charge in [-0.15, -0.1) is 0 Å². The quantitative estimate of drug-likeness (QED) is 0.853. The predicted molar refractivity (Wildman–Crippen MR) is 74.1 cm³/mol. The lowest BCUT2D eigenvalue weighted by molar-refractivity contribution is 0.297. The number of guanidine groups is 1. The third-order valence-corrected chi connectivity index (χ3v) is 3.75. The summed E-state index contributed by atoms with van der Waals surface area (Å²) in [5.41, 5.74) is 6.84. The molecular weight excluding hydrogens is 266 g/mol. The third kappa shape index (κ3) is 2.18. The molecule has 3 rings (SSSR count). The van der Waals surface area contributed by atoms with Crippen LogP contribution in [0.1, 0.15) is 18.0 Å². The molecule has 19 heavy (non-hydrogen) atoms. The van der Waals surface area contributed by atoms with Crippen LogP contribution in [0.5, 0.6) is 11.5 Å². The largest absolute Gasteiger partial charge is 0.489 e. The van der Waals surface area contributed by atoms with Crippen LogP contribution in [0.25, 0.3) is 0 Å². The molecule has 1 aromatic rings. The van der Waals surface area contributed by atoms with Crippen molar-refractivity contribution >= 4 is 17.6 Å². The Balaban J connectivity index is 1.96. The molecule has 1 unspecified atom stereocenters. The van der Waals surface area contributed by atoms with Gasteiger partial charge in [-0.1, -0.05) is 11.6 Å². The maximum Gasteiger partial charge on any atom is 0.191 e. The number of hydrogen-bond donors (Lipinski definition) is 1. The lowest BCUT2D eigenvalue weighted by atomic mass is 10.1. The molecule has 0 bridgehead atoms. The zero-order chi connectivity index (χ0) is 13.4. The first-order valence-electron chi connectivity index (χ1n) is 6.28. The van der Waals surface area contributed by atoms with Crippen molar-refractivity contribution in [3.8, 4) is 11.5 Å². The number of benzene rings is 1. The third-order valence-electron chi connectivity index (χ3n) is 3.46. The van der Waals surface area contributed by atoms with E-state index in [-0.39, 0.29) is 6.04 Å². The Morgan fingerprint density at radius 2 is 2.16 bits per heavy atom. The Labute approximate surface area is 116 Å². The minimum Gasteiger partial charge on any atom is -0.489 e. The fraction of sp³-hybridized carbons (Fsp3) is 0.462. The van der Waals surface area contributed by atoms with Gasteiger partial charge in [0.05, 0.1) is 30.8 Å². The van der Waals surface area contributed by atoms with E-state index in [1.54, 1.807) is 0 Å². The van der Waals surface area contributed by atoms with Crippen molar-refractivity contribution in [3.63, 3.8) is 0 Å². The van der Waals surface area contributed by atoms with Crippen LogP contribution in [0.2, 0.25) is 5.02 Å². The summed E-state index contributed by atoms with van der Waals surface area (Å²) in [6, 6.07) is 3.99. The molecule has 0 aliphatic carbocycles. The Kier molecular flexibility index (Phi) is 3.14. The van der Waals surface area contributed by atoms with Gasteiger partial charge in [-0.3, -0.25) is 4.99 Å². The van der Waals surface area contributed by atoms with Gasteiger partial charge in [0.25, 0.3) is 0 Å². The van der Waals surface area contributed by atoms with Crippen LogP contribution in [0.4, 0.5) is 0 Å². The maximum atomic E-state index is 6.29. The van der Waals surface area contributed by atoms with Crippen LogP contribution < -0.4 is 15.2 Å². The summed E-state index contributed by atoms with van der Waals surface area (Å²) < 4.78 is 11.3. The van der Waals surface area contributed by atoms with Gasteiger partial charge in [-0.2, -0.15) is 0 Å². The highest BCUT2D eigenvalue weighted by atomic mass is 35.5. The zero-order valence-electron chi connectivity index (χ0n) is 10.7. The highest BCUT2D eigenvalue weighted by molar-refractivity contribution is 6.32. The van der Waals surface area contributed by atoms with Crippen LogP contribution in [-0.2, 0) is 0 Å². The lowest BCUT2D eigenvalue weighted by Crippen LogP contribution is -2.32. The number of likely N-dealkylation sites (N-methyl/N-ethyl adjacent to an activating group) is 1. The fourth-order valence-corrected chi connectivity index (χ4v) is 2.62. The molecule has 5 nitrogen and oxygen atoms in total. The Hall–Kier alpha value is -1.62. The summed E-state index contributed by atoms with van der Waals surface area (Å²) in [5, 5.41) is 0.577. The average molecular weight is 282 g/mol. The molecule has 2 aliphatic heterocycles. The number of hydrogen-bond acceptors (Lipinski definition) is 5. The van der Waals surface area contributed by atoms with Crippen LogP contribution in [0.15, 0.2) is 17.1 Å². The first-order valence-corrected chi connectivity index (χ1v) is 6.66. The topological polar surface area (TPSA) is 60.1 Å². The average Bonchev–Trinajstić information content (AvgIpc) is 2.62. The summed E-state index contributed by atoms with van der Waals surface area (Å²) in [6.07, 6.45) is 0.861. The SMILES string of the molecule is CN1C(N)=NCC1c1cc(Cl)c2c(c1)OCCCO2. The monoisotopic (exact) mass is 281 g/mol. The van der Waals surface area contributed by atoms with Crippen LogP contribution in [0, 0.1) is 0 Å². The Bertz CT molecular complexity index is 533. The molecule has 0 saturated carbocycles. The van der Waals surface area contributed by atoms with Gasteiger partial charge in [0.15, 0.2) is 17.5 Å². The van der Waals surface area contributed by atoms with Gasteiger partial charge in [0, 0.05) is 13.5 Å². The number of nitrogens with zero attached hydrogens (tertiary/aromatic N) is 2. The molecule has 0 saturated heterocycles. The molecule has 0 aromatic heterocycles. The molecule has 2 aliphatic rings. The molecular formula is C13H16ClN3O2. The number of ether oxygens (including phenoxy) is 2. The molecule has 102 valence electrons. The highest BCUT2D eigenvalue weighted by Crippen LogP contribution is 2.40. The van der Waals surface area contributed by atoms with Crippen LogP contribution in [0.3, 0.4) is 0 Å². The van der Waals surface area contributed by atoms with Crippen molar-refractivity contribution in [3.05, 3.63) is 22.7 Å². The summed E-state index contributed by atoms with van der Waals surface area (Å²) in [6.45, 7) is 1.91. The van der Waals surface area contributed by atoms with E-state index in [9.17, 15) is 0 Å². The molecule has 2 heterocycles. The van der Waals surface area contributed by atoms with E-state index in [4.69, 9.17) is 26.8 Å². The molecule has 1 atom stereocenters. The minimum absolute atomic E-state index is 0.106. The highest BCUT2D eigenvalue weighted by Gasteiger charge is 2.26. The van der Waals surface area contributed by atoms with Crippen LogP contribution in [-0.4, -0.2) is 37.7 Å². The molecule has 6 heteroatoms. The number of fused-ring (bicyclic) bond motifs is 1. The van der Waals surface area contributed by atoms with Gasteiger partial charge in [0.2, 0.25) is 0 Å². The first kappa shape index (κ1) is 12.4. The Morgan fingerprint density at radius 1 is 1.37 bits per heavy atom. The van der Waals surface area contributed by atoms with Gasteiger partial charge in [-0.25, -0.2) is 0 Å². The Morgan fingerprint density at radius 3 is 2.89 bits per heavy atom. The van der Waals surface area contributed by atoms with E-state index in [1.165, 1.54) is 0 Å². The second-order valence-corrected chi connectivity index (χ2v) is 5.11. The second kappa shape index (κ2) is 4.81. The summed E-state index contributed by atoms with van der Waals surface area (Å²) in [4.78, 5) is 6.18. The standard InChI is InChI=1S/C13H16ClN3O2/c1-17-10(7-16-13(17)15)8-5-9(14)12-11(6-8)18-3-2-4-19-12/h5-6,10H,2-4,7H2,1H3,(H2,15,16). The first-order chi connectivity index (χ1) is 9.16. The van der Waals surface area contributed by atoms with Crippen molar-refractivity contribution < 1.29 is 9.47 Å². The van der Waals surface area contributed by atoms with Gasteiger partial charge >= 0.3 is 0 Å². The van der Waals surface area contributed by atoms with Crippen molar-refractivity contribution in [1.82, 2.24) is 4.90 Å². The summed E-state index contributed by atoms with van der Waals surface area (Å²) >= 11 is 6.29. The van der Waals surface area contributed by atoms with Gasteiger partial charge < -0.3 is 20.1 Å². The minimum atomic E-state index is 0.106. The number of rotatable bonds is 1.